The summed E-state index contributed by atoms with van der Waals surface area (Å²) in [6.07, 6.45) is 5.03. The lowest BCUT2D eigenvalue weighted by molar-refractivity contribution is 0.318. The van der Waals surface area contributed by atoms with Crippen LogP contribution in [-0.2, 0) is 0 Å². The van der Waals surface area contributed by atoms with Gasteiger partial charge in [0.05, 0.1) is 16.2 Å². The third-order valence-electron chi connectivity index (χ3n) is 2.27. The highest BCUT2D eigenvalue weighted by Gasteiger charge is 2.14. The topological polar surface area (TPSA) is 89.3 Å². The van der Waals surface area contributed by atoms with Crippen LogP contribution in [0.3, 0.4) is 0 Å². The van der Waals surface area contributed by atoms with Gasteiger partial charge in [-0.2, -0.15) is 5.10 Å². The Balaban J connectivity index is 2.66. The quantitative estimate of drug-likeness (QED) is 0.380. The van der Waals surface area contributed by atoms with Gasteiger partial charge in [-0.3, -0.25) is 0 Å². The molecule has 0 saturated carbocycles. The highest BCUT2D eigenvalue weighted by Crippen LogP contribution is 2.17. The molecular weight excluding hydrogens is 286 g/mol. The fourth-order valence-corrected chi connectivity index (χ4v) is 1.79. The largest absolute Gasteiger partial charge is 0.409 e. The molecule has 7 heteroatoms. The van der Waals surface area contributed by atoms with Gasteiger partial charge in [0.2, 0.25) is 0 Å². The van der Waals surface area contributed by atoms with E-state index in [2.05, 4.69) is 31.2 Å². The Morgan fingerprint density at radius 2 is 2.35 bits per heavy atom. The zero-order valence-corrected chi connectivity index (χ0v) is 10.6. The maximum atomic E-state index is 8.79. The van der Waals surface area contributed by atoms with E-state index in [0.717, 1.165) is 10.0 Å². The summed E-state index contributed by atoms with van der Waals surface area (Å²) < 4.78 is 2.39. The van der Waals surface area contributed by atoms with Crippen LogP contribution in [0.4, 0.5) is 0 Å². The molecule has 0 aliphatic heterocycles. The SMILES string of the molecule is Cc1ccnc(-n2cc(Br)cn2)c1/C(N)=N/O. The van der Waals surface area contributed by atoms with Gasteiger partial charge in [-0.15, -0.1) is 0 Å². The van der Waals surface area contributed by atoms with E-state index in [1.54, 1.807) is 29.3 Å². The molecule has 0 unspecified atom stereocenters. The van der Waals surface area contributed by atoms with Gasteiger partial charge in [0.25, 0.3) is 0 Å². The molecule has 0 aromatic carbocycles. The van der Waals surface area contributed by atoms with Crippen molar-refractivity contribution in [2.24, 2.45) is 10.9 Å². The summed E-state index contributed by atoms with van der Waals surface area (Å²) in [5.41, 5.74) is 7.07. The number of amidine groups is 1. The molecule has 0 atom stereocenters. The van der Waals surface area contributed by atoms with E-state index < -0.39 is 0 Å². The normalized spacial score (nSPS) is 11.8. The number of pyridine rings is 1. The molecule has 2 aromatic heterocycles. The lowest BCUT2D eigenvalue weighted by Gasteiger charge is -2.09. The van der Waals surface area contributed by atoms with Crippen molar-refractivity contribution in [3.63, 3.8) is 0 Å². The van der Waals surface area contributed by atoms with Crippen molar-refractivity contribution < 1.29 is 5.21 Å². The van der Waals surface area contributed by atoms with Crippen LogP contribution in [-0.4, -0.2) is 25.8 Å². The van der Waals surface area contributed by atoms with Gasteiger partial charge in [0.15, 0.2) is 11.7 Å². The predicted molar refractivity (Wildman–Crippen MR) is 66.3 cm³/mol. The molecular formula is C10H10BrN5O. The van der Waals surface area contributed by atoms with Gasteiger partial charge >= 0.3 is 0 Å². The molecule has 0 fully saturated rings. The Morgan fingerprint density at radius 1 is 1.59 bits per heavy atom. The fourth-order valence-electron chi connectivity index (χ4n) is 1.50. The van der Waals surface area contributed by atoms with Crippen LogP contribution in [0.2, 0.25) is 0 Å². The Labute approximate surface area is 106 Å². The zero-order chi connectivity index (χ0) is 12.4. The van der Waals surface area contributed by atoms with Crippen LogP contribution in [0, 0.1) is 6.92 Å². The predicted octanol–water partition coefficient (Wildman–Crippen LogP) is 1.43. The monoisotopic (exact) mass is 295 g/mol. The summed E-state index contributed by atoms with van der Waals surface area (Å²) in [5, 5.41) is 15.9. The molecule has 0 bridgehead atoms. The number of nitrogens with zero attached hydrogens (tertiary/aromatic N) is 4. The van der Waals surface area contributed by atoms with Crippen molar-refractivity contribution in [3.05, 3.63) is 40.3 Å². The van der Waals surface area contributed by atoms with Gasteiger partial charge in [0, 0.05) is 12.4 Å². The first-order chi connectivity index (χ1) is 8.13. The number of aryl methyl sites for hydroxylation is 1. The number of halogens is 1. The molecule has 0 radical (unpaired) electrons. The first kappa shape index (κ1) is 11.6. The third kappa shape index (κ3) is 2.14. The van der Waals surface area contributed by atoms with Crippen LogP contribution in [0.25, 0.3) is 5.82 Å². The molecule has 0 aliphatic rings. The van der Waals surface area contributed by atoms with Crippen LogP contribution in [0.1, 0.15) is 11.1 Å². The minimum absolute atomic E-state index is 0.0113. The summed E-state index contributed by atoms with van der Waals surface area (Å²) in [7, 11) is 0. The molecule has 0 spiro atoms. The van der Waals surface area contributed by atoms with E-state index >= 15 is 0 Å². The van der Waals surface area contributed by atoms with Crippen molar-refractivity contribution in [2.45, 2.75) is 6.92 Å². The first-order valence-corrected chi connectivity index (χ1v) is 5.57. The summed E-state index contributed by atoms with van der Waals surface area (Å²) in [6.45, 7) is 1.86. The Kier molecular flexibility index (Phi) is 3.10. The number of aromatic nitrogens is 3. The highest BCUT2D eigenvalue weighted by atomic mass is 79.9. The fraction of sp³-hybridized carbons (Fsp3) is 0.100. The second-order valence-corrected chi connectivity index (χ2v) is 4.33. The van der Waals surface area contributed by atoms with E-state index in [1.807, 2.05) is 6.92 Å². The van der Waals surface area contributed by atoms with Crippen LogP contribution < -0.4 is 5.73 Å². The Bertz CT molecular complexity index is 578. The average molecular weight is 296 g/mol. The summed E-state index contributed by atoms with van der Waals surface area (Å²) in [6, 6.07) is 1.79. The van der Waals surface area contributed by atoms with Gasteiger partial charge in [0.1, 0.15) is 0 Å². The number of hydrogen-bond donors (Lipinski definition) is 2. The summed E-state index contributed by atoms with van der Waals surface area (Å²) >= 11 is 3.30. The van der Waals surface area contributed by atoms with Crippen LogP contribution in [0.5, 0.6) is 0 Å². The Morgan fingerprint density at radius 3 is 2.94 bits per heavy atom. The summed E-state index contributed by atoms with van der Waals surface area (Å²) in [4.78, 5) is 4.20. The van der Waals surface area contributed by atoms with E-state index in [4.69, 9.17) is 10.9 Å². The number of hydrogen-bond acceptors (Lipinski definition) is 4. The number of oxime groups is 1. The molecule has 0 amide bonds. The van der Waals surface area contributed by atoms with Crippen molar-refractivity contribution in [1.82, 2.24) is 14.8 Å². The molecule has 6 nitrogen and oxygen atoms in total. The smallest absolute Gasteiger partial charge is 0.174 e. The lowest BCUT2D eigenvalue weighted by atomic mass is 10.1. The zero-order valence-electron chi connectivity index (χ0n) is 9.00. The number of nitrogens with two attached hydrogens (primary N) is 1. The van der Waals surface area contributed by atoms with Crippen molar-refractivity contribution in [1.29, 1.82) is 0 Å². The van der Waals surface area contributed by atoms with Crippen molar-refractivity contribution >= 4 is 21.8 Å². The summed E-state index contributed by atoms with van der Waals surface area (Å²) in [5.74, 6) is 0.531. The molecule has 2 rings (SSSR count). The van der Waals surface area contributed by atoms with Gasteiger partial charge in [-0.1, -0.05) is 5.16 Å². The van der Waals surface area contributed by atoms with Crippen molar-refractivity contribution in [3.8, 4) is 5.82 Å². The second-order valence-electron chi connectivity index (χ2n) is 3.41. The second kappa shape index (κ2) is 4.54. The van der Waals surface area contributed by atoms with Gasteiger partial charge in [-0.25, -0.2) is 9.67 Å². The minimum Gasteiger partial charge on any atom is -0.409 e. The van der Waals surface area contributed by atoms with E-state index in [-0.39, 0.29) is 5.84 Å². The molecule has 2 heterocycles. The molecule has 0 aliphatic carbocycles. The van der Waals surface area contributed by atoms with Gasteiger partial charge in [-0.05, 0) is 34.5 Å². The molecule has 17 heavy (non-hydrogen) atoms. The van der Waals surface area contributed by atoms with Gasteiger partial charge < -0.3 is 10.9 Å². The molecule has 3 N–H and O–H groups in total. The maximum Gasteiger partial charge on any atom is 0.174 e. The lowest BCUT2D eigenvalue weighted by Crippen LogP contribution is -2.19. The van der Waals surface area contributed by atoms with E-state index in [1.165, 1.54) is 0 Å². The molecule has 0 saturated heterocycles. The standard InChI is InChI=1S/C10H10BrN5O/c1-6-2-3-13-10(8(6)9(12)15-17)16-5-7(11)4-14-16/h2-5,17H,1H3,(H2,12,15). The molecule has 88 valence electrons. The van der Waals surface area contributed by atoms with Crippen LogP contribution in [0.15, 0.2) is 34.3 Å². The van der Waals surface area contributed by atoms with E-state index in [9.17, 15) is 0 Å². The number of rotatable bonds is 2. The minimum atomic E-state index is 0.0113. The average Bonchev–Trinajstić information content (AvgIpc) is 2.74. The highest BCUT2D eigenvalue weighted by molar-refractivity contribution is 9.10. The molecule has 2 aromatic rings. The Hall–Kier alpha value is -1.89. The first-order valence-electron chi connectivity index (χ1n) is 4.77. The van der Waals surface area contributed by atoms with E-state index in [0.29, 0.717) is 11.4 Å². The maximum absolute atomic E-state index is 8.79. The third-order valence-corrected chi connectivity index (χ3v) is 2.68. The van der Waals surface area contributed by atoms with Crippen molar-refractivity contribution in [2.75, 3.05) is 0 Å². The van der Waals surface area contributed by atoms with Crippen LogP contribution >= 0.6 is 15.9 Å².